The molecule has 0 radical (unpaired) electrons. The Bertz CT molecular complexity index is 1130. The third-order valence-electron chi connectivity index (χ3n) is 5.12. The molecule has 0 bridgehead atoms. The highest BCUT2D eigenvalue weighted by molar-refractivity contribution is 7.14. The number of nitrogens with one attached hydrogen (secondary N) is 1. The third-order valence-corrected chi connectivity index (χ3v) is 6.73. The molecule has 1 aliphatic rings. The molecule has 0 saturated carbocycles. The van der Waals surface area contributed by atoms with Crippen LogP contribution in [0, 0.1) is 5.82 Å². The lowest BCUT2D eigenvalue weighted by atomic mass is 10.2. The number of anilines is 2. The normalized spacial score (nSPS) is 13.8. The number of hydrogen-bond acceptors (Lipinski definition) is 5. The molecule has 2 aromatic carbocycles. The number of amides is 2. The SMILES string of the molecule is O=C(Nc1nc(CC(=O)N2CCN(c3cccc(Cl)c3Cl)CC2)cs1)c1ccc(F)cc1. The molecule has 1 saturated heterocycles. The van der Waals surface area contributed by atoms with Crippen LogP contribution in [0.1, 0.15) is 16.1 Å². The van der Waals surface area contributed by atoms with E-state index in [1.54, 1.807) is 16.3 Å². The average Bonchev–Trinajstić information content (AvgIpc) is 3.22. The maximum Gasteiger partial charge on any atom is 0.257 e. The van der Waals surface area contributed by atoms with Crippen molar-refractivity contribution >= 4 is 57.2 Å². The van der Waals surface area contributed by atoms with E-state index in [0.29, 0.717) is 52.6 Å². The molecule has 1 aromatic heterocycles. The molecule has 0 spiro atoms. The Hall–Kier alpha value is -2.68. The molecule has 0 unspecified atom stereocenters. The second-order valence-corrected chi connectivity index (χ2v) is 8.87. The van der Waals surface area contributed by atoms with E-state index in [4.69, 9.17) is 23.2 Å². The minimum Gasteiger partial charge on any atom is -0.367 e. The third kappa shape index (κ3) is 5.20. The lowest BCUT2D eigenvalue weighted by Gasteiger charge is -2.36. The lowest BCUT2D eigenvalue weighted by Crippen LogP contribution is -2.49. The highest BCUT2D eigenvalue weighted by Gasteiger charge is 2.23. The summed E-state index contributed by atoms with van der Waals surface area (Å²) in [7, 11) is 0. The number of aromatic nitrogens is 1. The van der Waals surface area contributed by atoms with Gasteiger partial charge in [0.25, 0.3) is 5.91 Å². The summed E-state index contributed by atoms with van der Waals surface area (Å²) in [5.41, 5.74) is 1.79. The molecular weight excluding hydrogens is 474 g/mol. The quantitative estimate of drug-likeness (QED) is 0.558. The summed E-state index contributed by atoms with van der Waals surface area (Å²) in [5.74, 6) is -0.815. The van der Waals surface area contributed by atoms with E-state index in [1.165, 1.54) is 35.6 Å². The number of nitrogens with zero attached hydrogens (tertiary/aromatic N) is 3. The second-order valence-electron chi connectivity index (χ2n) is 7.22. The molecule has 10 heteroatoms. The second kappa shape index (κ2) is 9.85. The highest BCUT2D eigenvalue weighted by atomic mass is 35.5. The molecule has 1 fully saturated rings. The van der Waals surface area contributed by atoms with E-state index >= 15 is 0 Å². The van der Waals surface area contributed by atoms with Crippen LogP contribution in [0.4, 0.5) is 15.2 Å². The molecule has 1 N–H and O–H groups in total. The van der Waals surface area contributed by atoms with Crippen LogP contribution in [-0.4, -0.2) is 47.9 Å². The number of carbonyl (C=O) groups excluding carboxylic acids is 2. The molecule has 6 nitrogen and oxygen atoms in total. The van der Waals surface area contributed by atoms with Gasteiger partial charge in [0, 0.05) is 37.1 Å². The number of hydrogen-bond donors (Lipinski definition) is 1. The summed E-state index contributed by atoms with van der Waals surface area (Å²) < 4.78 is 13.0. The van der Waals surface area contributed by atoms with Crippen LogP contribution in [0.3, 0.4) is 0 Å². The standard InChI is InChI=1S/C22H19Cl2FN4O2S/c23-17-2-1-3-18(20(17)24)28-8-10-29(11-9-28)19(30)12-16-13-32-22(26-16)27-21(31)14-4-6-15(25)7-5-14/h1-7,13H,8-12H2,(H,26,27,31). The molecule has 0 aliphatic carbocycles. The molecule has 3 aromatic rings. The minimum atomic E-state index is -0.409. The summed E-state index contributed by atoms with van der Waals surface area (Å²) in [6, 6.07) is 10.8. The molecular formula is C22H19Cl2FN4O2S. The predicted molar refractivity (Wildman–Crippen MR) is 125 cm³/mol. The van der Waals surface area contributed by atoms with Gasteiger partial charge in [0.1, 0.15) is 5.82 Å². The van der Waals surface area contributed by atoms with E-state index in [1.807, 2.05) is 12.1 Å². The predicted octanol–water partition coefficient (Wildman–Crippen LogP) is 4.73. The Kier molecular flexibility index (Phi) is 6.93. The fraction of sp³-hybridized carbons (Fsp3) is 0.227. The number of piperazine rings is 1. The van der Waals surface area contributed by atoms with Crippen molar-refractivity contribution in [2.24, 2.45) is 0 Å². The van der Waals surface area contributed by atoms with Crippen LogP contribution in [0.25, 0.3) is 0 Å². The number of halogens is 3. The average molecular weight is 493 g/mol. The van der Waals surface area contributed by atoms with Crippen molar-refractivity contribution in [3.63, 3.8) is 0 Å². The largest absolute Gasteiger partial charge is 0.367 e. The van der Waals surface area contributed by atoms with Gasteiger partial charge in [-0.3, -0.25) is 14.9 Å². The van der Waals surface area contributed by atoms with Gasteiger partial charge in [-0.2, -0.15) is 0 Å². The zero-order valence-corrected chi connectivity index (χ0v) is 19.2. The van der Waals surface area contributed by atoms with E-state index in [2.05, 4.69) is 15.2 Å². The summed E-state index contributed by atoms with van der Waals surface area (Å²) in [6.07, 6.45) is 0.154. The molecule has 2 heterocycles. The fourth-order valence-corrected chi connectivity index (χ4v) is 4.54. The Morgan fingerprint density at radius 3 is 2.50 bits per heavy atom. The van der Waals surface area contributed by atoms with E-state index in [-0.39, 0.29) is 18.2 Å². The Labute approximate surface area is 198 Å². The fourth-order valence-electron chi connectivity index (χ4n) is 3.42. The first-order chi connectivity index (χ1) is 15.4. The number of benzene rings is 2. The van der Waals surface area contributed by atoms with Crippen molar-refractivity contribution in [3.05, 3.63) is 75.0 Å². The van der Waals surface area contributed by atoms with Gasteiger partial charge < -0.3 is 9.80 Å². The van der Waals surface area contributed by atoms with Gasteiger partial charge in [-0.15, -0.1) is 11.3 Å². The van der Waals surface area contributed by atoms with Crippen molar-refractivity contribution in [2.45, 2.75) is 6.42 Å². The first-order valence-electron chi connectivity index (χ1n) is 9.89. The number of rotatable bonds is 5. The molecule has 4 rings (SSSR count). The van der Waals surface area contributed by atoms with Gasteiger partial charge in [-0.1, -0.05) is 29.3 Å². The van der Waals surface area contributed by atoms with Gasteiger partial charge in [0.05, 0.1) is 27.8 Å². The maximum absolute atomic E-state index is 13.0. The molecule has 32 heavy (non-hydrogen) atoms. The van der Waals surface area contributed by atoms with E-state index in [9.17, 15) is 14.0 Å². The molecule has 0 atom stereocenters. The van der Waals surface area contributed by atoms with Crippen molar-refractivity contribution in [2.75, 3.05) is 36.4 Å². The first-order valence-corrected chi connectivity index (χ1v) is 11.5. The van der Waals surface area contributed by atoms with Gasteiger partial charge >= 0.3 is 0 Å². The number of carbonyl (C=O) groups is 2. The Morgan fingerprint density at radius 1 is 1.06 bits per heavy atom. The van der Waals surface area contributed by atoms with Crippen molar-refractivity contribution in [3.8, 4) is 0 Å². The first kappa shape index (κ1) is 22.5. The van der Waals surface area contributed by atoms with Crippen LogP contribution < -0.4 is 10.2 Å². The van der Waals surface area contributed by atoms with Crippen LogP contribution in [0.5, 0.6) is 0 Å². The Morgan fingerprint density at radius 2 is 1.78 bits per heavy atom. The van der Waals surface area contributed by atoms with Gasteiger partial charge in [0.15, 0.2) is 5.13 Å². The summed E-state index contributed by atoms with van der Waals surface area (Å²) in [5, 5.41) is 5.85. The smallest absolute Gasteiger partial charge is 0.257 e. The molecule has 2 amide bonds. The van der Waals surface area contributed by atoms with Crippen molar-refractivity contribution in [1.29, 1.82) is 0 Å². The van der Waals surface area contributed by atoms with Crippen LogP contribution in [-0.2, 0) is 11.2 Å². The Balaban J connectivity index is 1.30. The van der Waals surface area contributed by atoms with Crippen molar-refractivity contribution in [1.82, 2.24) is 9.88 Å². The van der Waals surface area contributed by atoms with E-state index < -0.39 is 5.82 Å². The molecule has 1 aliphatic heterocycles. The number of thiazole rings is 1. The highest BCUT2D eigenvalue weighted by Crippen LogP contribution is 2.33. The van der Waals surface area contributed by atoms with Gasteiger partial charge in [-0.05, 0) is 36.4 Å². The van der Waals surface area contributed by atoms with Crippen LogP contribution in [0.15, 0.2) is 47.8 Å². The van der Waals surface area contributed by atoms with E-state index in [0.717, 1.165) is 5.69 Å². The lowest BCUT2D eigenvalue weighted by molar-refractivity contribution is -0.130. The topological polar surface area (TPSA) is 65.5 Å². The maximum atomic E-state index is 13.0. The van der Waals surface area contributed by atoms with Crippen LogP contribution >= 0.6 is 34.5 Å². The van der Waals surface area contributed by atoms with Crippen molar-refractivity contribution < 1.29 is 14.0 Å². The monoisotopic (exact) mass is 492 g/mol. The zero-order chi connectivity index (χ0) is 22.7. The summed E-state index contributed by atoms with van der Waals surface area (Å²) in [4.78, 5) is 33.2. The summed E-state index contributed by atoms with van der Waals surface area (Å²) in [6.45, 7) is 2.45. The van der Waals surface area contributed by atoms with Crippen LogP contribution in [0.2, 0.25) is 10.0 Å². The zero-order valence-electron chi connectivity index (χ0n) is 16.9. The minimum absolute atomic E-state index is 0.0245. The molecule has 166 valence electrons. The summed E-state index contributed by atoms with van der Waals surface area (Å²) >= 11 is 13.7. The van der Waals surface area contributed by atoms with Gasteiger partial charge in [0.2, 0.25) is 5.91 Å². The van der Waals surface area contributed by atoms with Gasteiger partial charge in [-0.25, -0.2) is 9.37 Å².